The van der Waals surface area contributed by atoms with Crippen LogP contribution in [0, 0.1) is 5.41 Å². The van der Waals surface area contributed by atoms with Crippen molar-refractivity contribution in [2.24, 2.45) is 5.41 Å². The zero-order valence-corrected chi connectivity index (χ0v) is 6.88. The summed E-state index contributed by atoms with van der Waals surface area (Å²) < 4.78 is 4.55. The van der Waals surface area contributed by atoms with Crippen LogP contribution in [0.15, 0.2) is 0 Å². The van der Waals surface area contributed by atoms with Crippen LogP contribution in [-0.2, 0) is 14.3 Å². The molecular weight excluding hydrogens is 155 g/mol. The summed E-state index contributed by atoms with van der Waals surface area (Å²) >= 11 is 0. The first kappa shape index (κ1) is 14.1. The summed E-state index contributed by atoms with van der Waals surface area (Å²) in [6, 6.07) is 0. The van der Waals surface area contributed by atoms with E-state index in [1.807, 2.05) is 0 Å². The number of carboxylic acids is 1. The average molecular weight is 168 g/mol. The number of carboxylic acid groups (broad SMARTS) is 1. The summed E-state index contributed by atoms with van der Waals surface area (Å²) in [5.41, 5.74) is -1.43. The Morgan fingerprint density at radius 3 is 2.08 bits per heavy atom. The van der Waals surface area contributed by atoms with Crippen molar-refractivity contribution >= 4 is 30.8 Å². The van der Waals surface area contributed by atoms with E-state index in [0.29, 0.717) is 0 Å². The summed E-state index contributed by atoms with van der Waals surface area (Å²) in [5.74, 6) is -1.87. The van der Waals surface area contributed by atoms with Gasteiger partial charge in [-0.1, -0.05) is 0 Å². The van der Waals surface area contributed by atoms with E-state index in [0.717, 1.165) is 0 Å². The molecule has 0 aromatic heterocycles. The third-order valence-electron chi connectivity index (χ3n) is 1.32. The molecule has 0 atom stereocenters. The van der Waals surface area contributed by atoms with Crippen molar-refractivity contribution in [2.45, 2.75) is 20.8 Å². The number of rotatable bonds is 3. The third-order valence-corrected chi connectivity index (χ3v) is 1.32. The Morgan fingerprint density at radius 1 is 1.42 bits per heavy atom. The molecule has 0 aliphatic rings. The zero-order chi connectivity index (χ0) is 9.07. The standard InChI is InChI=1S/C7H12O4.Li.H/c1-4-11-6(10)7(2,3)5(8)9;;/h4H2,1-3H3,(H,8,9);;. The van der Waals surface area contributed by atoms with E-state index in [9.17, 15) is 9.59 Å². The van der Waals surface area contributed by atoms with Crippen LogP contribution < -0.4 is 0 Å². The SMILES string of the molecule is CCOC(=O)C(C)(C)C(=O)O.[LiH]. The molecule has 0 aromatic rings. The molecule has 0 saturated carbocycles. The molecule has 0 heterocycles. The van der Waals surface area contributed by atoms with Gasteiger partial charge in [-0.25, -0.2) is 0 Å². The summed E-state index contributed by atoms with van der Waals surface area (Å²) in [7, 11) is 0. The topological polar surface area (TPSA) is 63.6 Å². The number of aliphatic carboxylic acids is 1. The van der Waals surface area contributed by atoms with Crippen LogP contribution in [0.2, 0.25) is 0 Å². The van der Waals surface area contributed by atoms with E-state index < -0.39 is 17.4 Å². The second kappa shape index (κ2) is 5.23. The molecule has 0 aliphatic carbocycles. The van der Waals surface area contributed by atoms with Crippen molar-refractivity contribution < 1.29 is 19.4 Å². The minimum absolute atomic E-state index is 0. The van der Waals surface area contributed by atoms with Crippen molar-refractivity contribution in [1.29, 1.82) is 0 Å². The molecule has 66 valence electrons. The van der Waals surface area contributed by atoms with Crippen LogP contribution in [0.3, 0.4) is 0 Å². The molecule has 0 bridgehead atoms. The Hall–Kier alpha value is -0.463. The molecule has 0 rings (SSSR count). The van der Waals surface area contributed by atoms with Crippen LogP contribution in [0.25, 0.3) is 0 Å². The predicted octanol–water partition coefficient (Wildman–Crippen LogP) is 0.0118. The summed E-state index contributed by atoms with van der Waals surface area (Å²) in [4.78, 5) is 21.3. The Labute approximate surface area is 83.5 Å². The van der Waals surface area contributed by atoms with Crippen molar-refractivity contribution in [3.63, 3.8) is 0 Å². The maximum atomic E-state index is 10.9. The number of esters is 1. The molecule has 0 spiro atoms. The van der Waals surface area contributed by atoms with E-state index in [4.69, 9.17) is 5.11 Å². The van der Waals surface area contributed by atoms with E-state index >= 15 is 0 Å². The van der Waals surface area contributed by atoms with Crippen molar-refractivity contribution in [2.75, 3.05) is 6.61 Å². The van der Waals surface area contributed by atoms with Gasteiger partial charge >= 0.3 is 30.8 Å². The molecule has 0 aliphatic heterocycles. The summed E-state index contributed by atoms with van der Waals surface area (Å²) in [6.07, 6.45) is 0. The Bertz CT molecular complexity index is 176. The van der Waals surface area contributed by atoms with Crippen molar-refractivity contribution in [3.8, 4) is 0 Å². The second-order valence-electron chi connectivity index (χ2n) is 2.65. The van der Waals surface area contributed by atoms with Gasteiger partial charge in [0.2, 0.25) is 0 Å². The molecule has 0 fully saturated rings. The van der Waals surface area contributed by atoms with Gasteiger partial charge in [0.1, 0.15) is 0 Å². The first-order valence-corrected chi connectivity index (χ1v) is 3.33. The third kappa shape index (κ3) is 3.29. The van der Waals surface area contributed by atoms with Gasteiger partial charge in [-0.2, -0.15) is 0 Å². The average Bonchev–Trinajstić information content (AvgIpc) is 1.88. The zero-order valence-electron chi connectivity index (χ0n) is 6.88. The van der Waals surface area contributed by atoms with Crippen LogP contribution in [0.1, 0.15) is 20.8 Å². The molecular formula is C7H13LiO4. The molecule has 0 aromatic carbocycles. The van der Waals surface area contributed by atoms with Gasteiger partial charge in [0.05, 0.1) is 6.61 Å². The van der Waals surface area contributed by atoms with Crippen LogP contribution in [0.4, 0.5) is 0 Å². The van der Waals surface area contributed by atoms with Gasteiger partial charge in [0.25, 0.3) is 0 Å². The van der Waals surface area contributed by atoms with Gasteiger partial charge in [-0.05, 0) is 20.8 Å². The number of carbonyl (C=O) groups excluding carboxylic acids is 1. The molecule has 0 unspecified atom stereocenters. The van der Waals surface area contributed by atoms with Gasteiger partial charge in [-0.3, -0.25) is 9.59 Å². The van der Waals surface area contributed by atoms with Crippen molar-refractivity contribution in [3.05, 3.63) is 0 Å². The van der Waals surface area contributed by atoms with Gasteiger partial charge in [-0.15, -0.1) is 0 Å². The minimum atomic E-state index is -1.43. The first-order valence-electron chi connectivity index (χ1n) is 3.33. The Morgan fingerprint density at radius 2 is 1.83 bits per heavy atom. The number of hydrogen-bond acceptors (Lipinski definition) is 3. The van der Waals surface area contributed by atoms with Gasteiger partial charge in [0.15, 0.2) is 5.41 Å². The molecule has 12 heavy (non-hydrogen) atoms. The fraction of sp³-hybridized carbons (Fsp3) is 0.714. The normalized spacial score (nSPS) is 9.92. The molecule has 0 radical (unpaired) electrons. The maximum absolute atomic E-state index is 10.9. The van der Waals surface area contributed by atoms with Crippen LogP contribution in [-0.4, -0.2) is 42.5 Å². The van der Waals surface area contributed by atoms with Crippen LogP contribution >= 0.6 is 0 Å². The quantitative estimate of drug-likeness (QED) is 0.366. The first-order chi connectivity index (χ1) is 4.92. The summed E-state index contributed by atoms with van der Waals surface area (Å²) in [5, 5.41) is 8.54. The molecule has 5 heteroatoms. The van der Waals surface area contributed by atoms with E-state index in [2.05, 4.69) is 4.74 Å². The second-order valence-corrected chi connectivity index (χ2v) is 2.65. The predicted molar refractivity (Wildman–Crippen MR) is 45.2 cm³/mol. The van der Waals surface area contributed by atoms with E-state index in [-0.39, 0.29) is 25.5 Å². The molecule has 0 amide bonds. The molecule has 0 saturated heterocycles. The Kier molecular flexibility index (Phi) is 6.14. The summed E-state index contributed by atoms with van der Waals surface area (Å²) in [6.45, 7) is 4.46. The molecule has 1 N–H and O–H groups in total. The number of carbonyl (C=O) groups is 2. The fourth-order valence-electron chi connectivity index (χ4n) is 0.399. The molecule has 4 nitrogen and oxygen atoms in total. The van der Waals surface area contributed by atoms with Gasteiger partial charge < -0.3 is 9.84 Å². The van der Waals surface area contributed by atoms with E-state index in [1.54, 1.807) is 6.92 Å². The Balaban J connectivity index is 0. The number of ether oxygens (including phenoxy) is 1. The van der Waals surface area contributed by atoms with E-state index in [1.165, 1.54) is 13.8 Å². The van der Waals surface area contributed by atoms with Gasteiger partial charge in [0, 0.05) is 0 Å². The van der Waals surface area contributed by atoms with Crippen LogP contribution in [0.5, 0.6) is 0 Å². The number of hydrogen-bond donors (Lipinski definition) is 1. The fourth-order valence-corrected chi connectivity index (χ4v) is 0.399. The van der Waals surface area contributed by atoms with Crippen molar-refractivity contribution in [1.82, 2.24) is 0 Å². The monoisotopic (exact) mass is 168 g/mol.